The van der Waals surface area contributed by atoms with Crippen LogP contribution in [0.1, 0.15) is 32.6 Å². The fraction of sp³-hybridized carbons (Fsp3) is 0.471. The first kappa shape index (κ1) is 18.3. The Kier molecular flexibility index (Phi) is 6.61. The van der Waals surface area contributed by atoms with Crippen LogP contribution in [0.5, 0.6) is 0 Å². The first-order valence-corrected chi connectivity index (χ1v) is 8.47. The molecule has 1 heterocycles. The molecule has 0 aliphatic carbocycles. The van der Waals surface area contributed by atoms with Crippen LogP contribution >= 0.6 is 11.6 Å². The van der Waals surface area contributed by atoms with Crippen LogP contribution in [0.4, 0.5) is 5.69 Å². The number of nitrogens with zero attached hydrogens (tertiary/aromatic N) is 1. The summed E-state index contributed by atoms with van der Waals surface area (Å²) in [5, 5.41) is 5.69. The first-order chi connectivity index (χ1) is 11.5. The highest BCUT2D eigenvalue weighted by Gasteiger charge is 2.30. The molecular weight excluding hydrogens is 330 g/mol. The van der Waals surface area contributed by atoms with E-state index in [1.807, 2.05) is 0 Å². The summed E-state index contributed by atoms with van der Waals surface area (Å²) in [4.78, 5) is 37.3. The van der Waals surface area contributed by atoms with Crippen molar-refractivity contribution in [3.05, 3.63) is 29.3 Å². The number of hydrogen-bond acceptors (Lipinski definition) is 3. The molecule has 0 radical (unpaired) electrons. The average molecular weight is 352 g/mol. The molecule has 1 aliphatic heterocycles. The number of nitrogens with one attached hydrogen (secondary N) is 2. The second-order valence-corrected chi connectivity index (χ2v) is 6.26. The summed E-state index contributed by atoms with van der Waals surface area (Å²) >= 11 is 6.01. The summed E-state index contributed by atoms with van der Waals surface area (Å²) in [6.07, 6.45) is 3.37. The van der Waals surface area contributed by atoms with Crippen molar-refractivity contribution < 1.29 is 14.4 Å². The highest BCUT2D eigenvalue weighted by Crippen LogP contribution is 2.22. The molecule has 1 atom stereocenters. The van der Waals surface area contributed by atoms with E-state index in [-0.39, 0.29) is 11.9 Å². The van der Waals surface area contributed by atoms with Crippen molar-refractivity contribution in [1.29, 1.82) is 0 Å². The van der Waals surface area contributed by atoms with E-state index in [0.29, 0.717) is 30.2 Å². The van der Waals surface area contributed by atoms with E-state index in [4.69, 9.17) is 11.6 Å². The van der Waals surface area contributed by atoms with E-state index in [2.05, 4.69) is 10.6 Å². The van der Waals surface area contributed by atoms with E-state index in [1.165, 1.54) is 6.92 Å². The maximum Gasteiger partial charge on any atom is 0.313 e. The lowest BCUT2D eigenvalue weighted by Crippen LogP contribution is -2.49. The number of hydrogen-bond donors (Lipinski definition) is 2. The third-order valence-corrected chi connectivity index (χ3v) is 4.39. The molecule has 130 valence electrons. The number of para-hydroxylation sites is 1. The SMILES string of the molecule is CC(=O)NCCC1CCCCN1C(=O)C(=O)Nc1ccccc1Cl. The molecule has 2 rings (SSSR count). The van der Waals surface area contributed by atoms with Gasteiger partial charge in [0, 0.05) is 26.1 Å². The molecule has 24 heavy (non-hydrogen) atoms. The molecule has 1 saturated heterocycles. The number of carbonyl (C=O) groups is 3. The summed E-state index contributed by atoms with van der Waals surface area (Å²) < 4.78 is 0. The van der Waals surface area contributed by atoms with Crippen molar-refractivity contribution in [2.75, 3.05) is 18.4 Å². The Hall–Kier alpha value is -2.08. The minimum absolute atomic E-state index is 0.0323. The van der Waals surface area contributed by atoms with Crippen LogP contribution in [0, 0.1) is 0 Å². The Labute approximate surface area is 146 Å². The Morgan fingerprint density at radius 2 is 2.00 bits per heavy atom. The Balaban J connectivity index is 1.98. The lowest BCUT2D eigenvalue weighted by molar-refractivity contribution is -0.145. The second kappa shape index (κ2) is 8.68. The molecule has 2 N–H and O–H groups in total. The molecule has 1 aromatic carbocycles. The van der Waals surface area contributed by atoms with Crippen LogP contribution in [-0.2, 0) is 14.4 Å². The Morgan fingerprint density at radius 1 is 1.25 bits per heavy atom. The molecular formula is C17H22ClN3O3. The summed E-state index contributed by atoms with van der Waals surface area (Å²) in [7, 11) is 0. The van der Waals surface area contributed by atoms with Crippen LogP contribution in [0.15, 0.2) is 24.3 Å². The third kappa shape index (κ3) is 4.96. The van der Waals surface area contributed by atoms with Crippen molar-refractivity contribution in [3.8, 4) is 0 Å². The maximum absolute atomic E-state index is 12.5. The lowest BCUT2D eigenvalue weighted by Gasteiger charge is -2.35. The fourth-order valence-electron chi connectivity index (χ4n) is 2.85. The van der Waals surface area contributed by atoms with Gasteiger partial charge in [-0.1, -0.05) is 23.7 Å². The smallest absolute Gasteiger partial charge is 0.313 e. The largest absolute Gasteiger partial charge is 0.356 e. The predicted molar refractivity (Wildman–Crippen MR) is 92.7 cm³/mol. The van der Waals surface area contributed by atoms with Gasteiger partial charge in [-0.05, 0) is 37.8 Å². The fourth-order valence-corrected chi connectivity index (χ4v) is 3.03. The van der Waals surface area contributed by atoms with E-state index >= 15 is 0 Å². The zero-order valence-corrected chi connectivity index (χ0v) is 14.4. The van der Waals surface area contributed by atoms with E-state index < -0.39 is 11.8 Å². The van der Waals surface area contributed by atoms with Gasteiger partial charge in [0.2, 0.25) is 5.91 Å². The zero-order chi connectivity index (χ0) is 17.5. The Morgan fingerprint density at radius 3 is 2.71 bits per heavy atom. The average Bonchev–Trinajstić information content (AvgIpc) is 2.56. The van der Waals surface area contributed by atoms with Crippen molar-refractivity contribution in [2.45, 2.75) is 38.6 Å². The monoisotopic (exact) mass is 351 g/mol. The van der Waals surface area contributed by atoms with E-state index in [9.17, 15) is 14.4 Å². The second-order valence-electron chi connectivity index (χ2n) is 5.85. The molecule has 1 fully saturated rings. The van der Waals surface area contributed by atoms with Gasteiger partial charge >= 0.3 is 11.8 Å². The van der Waals surface area contributed by atoms with Gasteiger partial charge in [0.15, 0.2) is 0 Å². The normalized spacial score (nSPS) is 17.2. The van der Waals surface area contributed by atoms with Crippen LogP contribution in [-0.4, -0.2) is 41.8 Å². The van der Waals surface area contributed by atoms with Gasteiger partial charge in [-0.3, -0.25) is 14.4 Å². The standard InChI is InChI=1S/C17H22ClN3O3/c1-12(22)19-10-9-13-6-4-5-11-21(13)17(24)16(23)20-15-8-3-2-7-14(15)18/h2-3,7-8,13H,4-6,9-11H2,1H3,(H,19,22)(H,20,23). The van der Waals surface area contributed by atoms with Gasteiger partial charge in [0.25, 0.3) is 0 Å². The van der Waals surface area contributed by atoms with Crippen molar-refractivity contribution in [1.82, 2.24) is 10.2 Å². The van der Waals surface area contributed by atoms with Crippen LogP contribution < -0.4 is 10.6 Å². The van der Waals surface area contributed by atoms with Gasteiger partial charge in [0.05, 0.1) is 10.7 Å². The summed E-state index contributed by atoms with van der Waals surface area (Å²) in [6.45, 7) is 2.51. The topological polar surface area (TPSA) is 78.5 Å². The van der Waals surface area contributed by atoms with E-state index in [1.54, 1.807) is 29.2 Å². The van der Waals surface area contributed by atoms with Crippen LogP contribution in [0.3, 0.4) is 0 Å². The highest BCUT2D eigenvalue weighted by atomic mass is 35.5. The molecule has 0 spiro atoms. The molecule has 0 saturated carbocycles. The minimum atomic E-state index is -0.686. The molecule has 6 nitrogen and oxygen atoms in total. The predicted octanol–water partition coefficient (Wildman–Crippen LogP) is 2.19. The number of amides is 3. The maximum atomic E-state index is 12.5. The number of anilines is 1. The number of benzene rings is 1. The van der Waals surface area contributed by atoms with Gasteiger partial charge < -0.3 is 15.5 Å². The van der Waals surface area contributed by atoms with Crippen molar-refractivity contribution in [2.24, 2.45) is 0 Å². The zero-order valence-electron chi connectivity index (χ0n) is 13.7. The molecule has 0 aromatic heterocycles. The Bertz CT molecular complexity index is 621. The number of rotatable bonds is 4. The molecule has 3 amide bonds. The highest BCUT2D eigenvalue weighted by molar-refractivity contribution is 6.41. The quantitative estimate of drug-likeness (QED) is 0.816. The van der Waals surface area contributed by atoms with Gasteiger partial charge in [0.1, 0.15) is 0 Å². The van der Waals surface area contributed by atoms with Crippen LogP contribution in [0.25, 0.3) is 0 Å². The minimum Gasteiger partial charge on any atom is -0.356 e. The molecule has 7 heteroatoms. The molecule has 1 aromatic rings. The molecule has 0 bridgehead atoms. The van der Waals surface area contributed by atoms with Gasteiger partial charge in [-0.15, -0.1) is 0 Å². The molecule has 1 aliphatic rings. The summed E-state index contributed by atoms with van der Waals surface area (Å²) in [6, 6.07) is 6.76. The molecule has 1 unspecified atom stereocenters. The van der Waals surface area contributed by atoms with Crippen LogP contribution in [0.2, 0.25) is 5.02 Å². The first-order valence-electron chi connectivity index (χ1n) is 8.10. The number of carbonyl (C=O) groups excluding carboxylic acids is 3. The summed E-state index contributed by atoms with van der Waals surface area (Å²) in [5.74, 6) is -1.34. The number of likely N-dealkylation sites (tertiary alicyclic amines) is 1. The number of piperidine rings is 1. The van der Waals surface area contributed by atoms with E-state index in [0.717, 1.165) is 19.3 Å². The van der Waals surface area contributed by atoms with Gasteiger partial charge in [-0.25, -0.2) is 0 Å². The number of halogens is 1. The third-order valence-electron chi connectivity index (χ3n) is 4.06. The summed E-state index contributed by atoms with van der Waals surface area (Å²) in [5.41, 5.74) is 0.421. The van der Waals surface area contributed by atoms with Crippen molar-refractivity contribution >= 4 is 35.0 Å². The van der Waals surface area contributed by atoms with Gasteiger partial charge in [-0.2, -0.15) is 0 Å². The lowest BCUT2D eigenvalue weighted by atomic mass is 9.99. The van der Waals surface area contributed by atoms with Crippen molar-refractivity contribution in [3.63, 3.8) is 0 Å².